The Morgan fingerprint density at radius 3 is 2.73 bits per heavy atom. The first-order valence-electron chi connectivity index (χ1n) is 4.89. The molecule has 84 valence electrons. The maximum Gasteiger partial charge on any atom is 0.124 e. The number of hydrogen-bond donors (Lipinski definition) is 3. The van der Waals surface area contributed by atoms with Crippen LogP contribution in [0.4, 0.5) is 0 Å². The summed E-state index contributed by atoms with van der Waals surface area (Å²) < 4.78 is 4.91. The lowest BCUT2D eigenvalue weighted by Gasteiger charge is -2.15. The Kier molecular flexibility index (Phi) is 4.39. The fourth-order valence-electron chi connectivity index (χ4n) is 1.39. The molecule has 0 spiro atoms. The number of benzene rings is 1. The molecule has 0 aliphatic heterocycles. The molecule has 0 saturated heterocycles. The van der Waals surface area contributed by atoms with Crippen molar-refractivity contribution >= 4 is 0 Å². The maximum atomic E-state index is 9.59. The molecule has 0 heterocycles. The number of rotatable bonds is 5. The molecule has 0 radical (unpaired) electrons. The summed E-state index contributed by atoms with van der Waals surface area (Å²) in [6.07, 6.45) is 0. The number of methoxy groups -OCH3 is 1. The molecule has 1 unspecified atom stereocenters. The van der Waals surface area contributed by atoms with Gasteiger partial charge in [0, 0.05) is 31.3 Å². The molecule has 0 aliphatic carbocycles. The van der Waals surface area contributed by atoms with Crippen molar-refractivity contribution in [1.29, 1.82) is 0 Å². The summed E-state index contributed by atoms with van der Waals surface area (Å²) >= 11 is 0. The number of aromatic hydroxyl groups is 2. The summed E-state index contributed by atoms with van der Waals surface area (Å²) in [7, 11) is 1.64. The SMILES string of the molecule is COCCNC(C)c1ccc(O)cc1O. The van der Waals surface area contributed by atoms with E-state index in [0.29, 0.717) is 6.61 Å². The van der Waals surface area contributed by atoms with E-state index in [2.05, 4.69) is 5.32 Å². The van der Waals surface area contributed by atoms with Gasteiger partial charge < -0.3 is 20.3 Å². The molecule has 1 atom stereocenters. The summed E-state index contributed by atoms with van der Waals surface area (Å²) in [6, 6.07) is 4.63. The zero-order valence-electron chi connectivity index (χ0n) is 9.03. The van der Waals surface area contributed by atoms with Crippen molar-refractivity contribution in [2.45, 2.75) is 13.0 Å². The average molecular weight is 211 g/mol. The minimum Gasteiger partial charge on any atom is -0.508 e. The van der Waals surface area contributed by atoms with Crippen molar-refractivity contribution in [2.24, 2.45) is 0 Å². The van der Waals surface area contributed by atoms with Crippen molar-refractivity contribution in [3.63, 3.8) is 0 Å². The normalized spacial score (nSPS) is 12.7. The lowest BCUT2D eigenvalue weighted by Crippen LogP contribution is -2.22. The van der Waals surface area contributed by atoms with Crippen LogP contribution in [-0.2, 0) is 4.74 Å². The third kappa shape index (κ3) is 3.42. The largest absolute Gasteiger partial charge is 0.508 e. The second-order valence-electron chi connectivity index (χ2n) is 3.41. The summed E-state index contributed by atoms with van der Waals surface area (Å²) in [5.74, 6) is 0.174. The maximum absolute atomic E-state index is 9.59. The van der Waals surface area contributed by atoms with Gasteiger partial charge in [-0.2, -0.15) is 0 Å². The molecule has 0 amide bonds. The van der Waals surface area contributed by atoms with Gasteiger partial charge in [0.1, 0.15) is 11.5 Å². The standard InChI is InChI=1S/C11H17NO3/c1-8(12-5-6-15-2)10-4-3-9(13)7-11(10)14/h3-4,7-8,12-14H,5-6H2,1-2H3. The van der Waals surface area contributed by atoms with Crippen LogP contribution in [-0.4, -0.2) is 30.5 Å². The summed E-state index contributed by atoms with van der Waals surface area (Å²) in [5.41, 5.74) is 0.768. The smallest absolute Gasteiger partial charge is 0.124 e. The van der Waals surface area contributed by atoms with E-state index in [4.69, 9.17) is 9.84 Å². The second kappa shape index (κ2) is 5.58. The minimum absolute atomic E-state index is 0.0285. The highest BCUT2D eigenvalue weighted by molar-refractivity contribution is 5.40. The molecule has 0 fully saturated rings. The Hall–Kier alpha value is -1.26. The van der Waals surface area contributed by atoms with Gasteiger partial charge in [0.15, 0.2) is 0 Å². The minimum atomic E-state index is 0.0285. The molecule has 0 saturated carbocycles. The van der Waals surface area contributed by atoms with E-state index in [1.807, 2.05) is 6.92 Å². The number of hydrogen-bond acceptors (Lipinski definition) is 4. The van der Waals surface area contributed by atoms with Gasteiger partial charge in [-0.3, -0.25) is 0 Å². The molecule has 1 aromatic carbocycles. The zero-order valence-corrected chi connectivity index (χ0v) is 9.03. The predicted octanol–water partition coefficient (Wildman–Crippen LogP) is 1.39. The van der Waals surface area contributed by atoms with Gasteiger partial charge in [0.2, 0.25) is 0 Å². The number of phenols is 2. The predicted molar refractivity (Wildman–Crippen MR) is 58.1 cm³/mol. The van der Waals surface area contributed by atoms with Crippen LogP contribution in [0.1, 0.15) is 18.5 Å². The van der Waals surface area contributed by atoms with Crippen molar-refractivity contribution in [2.75, 3.05) is 20.3 Å². The highest BCUT2D eigenvalue weighted by Crippen LogP contribution is 2.27. The van der Waals surface area contributed by atoms with Gasteiger partial charge in [-0.25, -0.2) is 0 Å². The molecule has 4 nitrogen and oxygen atoms in total. The van der Waals surface area contributed by atoms with Crippen LogP contribution in [0.2, 0.25) is 0 Å². The van der Waals surface area contributed by atoms with Gasteiger partial charge in [-0.05, 0) is 13.0 Å². The Morgan fingerprint density at radius 2 is 2.13 bits per heavy atom. The monoisotopic (exact) mass is 211 g/mol. The van der Waals surface area contributed by atoms with E-state index in [9.17, 15) is 5.11 Å². The quantitative estimate of drug-likeness (QED) is 0.644. The van der Waals surface area contributed by atoms with Crippen molar-refractivity contribution < 1.29 is 14.9 Å². The first-order valence-corrected chi connectivity index (χ1v) is 4.89. The fourth-order valence-corrected chi connectivity index (χ4v) is 1.39. The van der Waals surface area contributed by atoms with Gasteiger partial charge in [-0.1, -0.05) is 6.07 Å². The Labute approximate surface area is 89.5 Å². The molecular formula is C11H17NO3. The van der Waals surface area contributed by atoms with Crippen molar-refractivity contribution in [3.8, 4) is 11.5 Å². The van der Waals surface area contributed by atoms with Crippen LogP contribution in [0.15, 0.2) is 18.2 Å². The number of nitrogens with one attached hydrogen (secondary N) is 1. The summed E-state index contributed by atoms with van der Waals surface area (Å²) in [6.45, 7) is 3.29. The number of ether oxygens (including phenoxy) is 1. The van der Waals surface area contributed by atoms with Gasteiger partial charge >= 0.3 is 0 Å². The molecule has 4 heteroatoms. The molecule has 0 bridgehead atoms. The third-order valence-corrected chi connectivity index (χ3v) is 2.24. The van der Waals surface area contributed by atoms with Crippen LogP contribution in [0.5, 0.6) is 11.5 Å². The van der Waals surface area contributed by atoms with E-state index < -0.39 is 0 Å². The Morgan fingerprint density at radius 1 is 1.40 bits per heavy atom. The first-order chi connectivity index (χ1) is 7.15. The van der Waals surface area contributed by atoms with Gasteiger partial charge in [0.05, 0.1) is 6.61 Å². The highest BCUT2D eigenvalue weighted by atomic mass is 16.5. The lowest BCUT2D eigenvalue weighted by molar-refractivity contribution is 0.196. The van der Waals surface area contributed by atoms with Crippen molar-refractivity contribution in [1.82, 2.24) is 5.32 Å². The zero-order chi connectivity index (χ0) is 11.3. The lowest BCUT2D eigenvalue weighted by atomic mass is 10.1. The Bertz CT molecular complexity index is 315. The molecule has 1 aromatic rings. The molecule has 1 rings (SSSR count). The molecule has 0 aliphatic rings. The molecule has 0 aromatic heterocycles. The van der Waals surface area contributed by atoms with E-state index in [1.165, 1.54) is 6.07 Å². The van der Waals surface area contributed by atoms with Crippen LogP contribution in [0, 0.1) is 0 Å². The Balaban J connectivity index is 2.61. The molecule has 15 heavy (non-hydrogen) atoms. The van der Waals surface area contributed by atoms with Crippen LogP contribution in [0.25, 0.3) is 0 Å². The van der Waals surface area contributed by atoms with E-state index in [0.717, 1.165) is 12.1 Å². The summed E-state index contributed by atoms with van der Waals surface area (Å²) in [5, 5.41) is 21.9. The second-order valence-corrected chi connectivity index (χ2v) is 3.41. The van der Waals surface area contributed by atoms with E-state index in [-0.39, 0.29) is 17.5 Å². The van der Waals surface area contributed by atoms with Crippen LogP contribution >= 0.6 is 0 Å². The third-order valence-electron chi connectivity index (χ3n) is 2.24. The fraction of sp³-hybridized carbons (Fsp3) is 0.455. The molecule has 3 N–H and O–H groups in total. The number of phenolic OH excluding ortho intramolecular Hbond substituents is 2. The van der Waals surface area contributed by atoms with Crippen LogP contribution in [0.3, 0.4) is 0 Å². The van der Waals surface area contributed by atoms with Gasteiger partial charge in [0.25, 0.3) is 0 Å². The van der Waals surface area contributed by atoms with E-state index in [1.54, 1.807) is 19.2 Å². The van der Waals surface area contributed by atoms with Gasteiger partial charge in [-0.15, -0.1) is 0 Å². The first kappa shape index (κ1) is 11.8. The van der Waals surface area contributed by atoms with E-state index >= 15 is 0 Å². The highest BCUT2D eigenvalue weighted by Gasteiger charge is 2.09. The summed E-state index contributed by atoms with van der Waals surface area (Å²) in [4.78, 5) is 0. The molecular weight excluding hydrogens is 194 g/mol. The van der Waals surface area contributed by atoms with Crippen molar-refractivity contribution in [3.05, 3.63) is 23.8 Å². The average Bonchev–Trinajstić information content (AvgIpc) is 2.17. The van der Waals surface area contributed by atoms with Crippen LogP contribution < -0.4 is 5.32 Å². The topological polar surface area (TPSA) is 61.7 Å².